The van der Waals surface area contributed by atoms with E-state index in [1.54, 1.807) is 6.20 Å². The lowest BCUT2D eigenvalue weighted by Gasteiger charge is -2.34. The number of nitrogens with zero attached hydrogens (tertiary/aromatic N) is 2. The van der Waals surface area contributed by atoms with E-state index in [1.165, 1.54) is 31.2 Å². The van der Waals surface area contributed by atoms with Crippen LogP contribution in [0.3, 0.4) is 0 Å². The Morgan fingerprint density at radius 2 is 1.85 bits per heavy atom. The molecule has 1 aromatic heterocycles. The summed E-state index contributed by atoms with van der Waals surface area (Å²) in [6, 6.07) is 12.3. The maximum Gasteiger partial charge on any atom is 0.239 e. The lowest BCUT2D eigenvalue weighted by molar-refractivity contribution is -0.134. The molecule has 0 bridgehead atoms. The van der Waals surface area contributed by atoms with E-state index in [1.807, 2.05) is 24.1 Å². The van der Waals surface area contributed by atoms with Gasteiger partial charge in [0.1, 0.15) is 0 Å². The molecule has 1 atom stereocenters. The van der Waals surface area contributed by atoms with Gasteiger partial charge in [-0.25, -0.2) is 0 Å². The highest BCUT2D eigenvalue weighted by atomic mass is 16.2. The van der Waals surface area contributed by atoms with Crippen molar-refractivity contribution in [2.75, 3.05) is 13.1 Å². The zero-order valence-corrected chi connectivity index (χ0v) is 15.4. The first-order valence-corrected chi connectivity index (χ1v) is 9.67. The number of hydrogen-bond acceptors (Lipinski definition) is 3. The number of carbonyl (C=O) groups is 1. The minimum Gasteiger partial charge on any atom is -0.341 e. The number of hydrogen-bond donors (Lipinski definition) is 1. The maximum absolute atomic E-state index is 12.6. The van der Waals surface area contributed by atoms with Gasteiger partial charge in [0.05, 0.1) is 6.04 Å². The molecule has 1 aliphatic heterocycles. The minimum absolute atomic E-state index is 0.138. The predicted octanol–water partition coefficient (Wildman–Crippen LogP) is 3.63. The standard InChI is InChI=1S/C22H27N3O/c1-17(21(26)25-13-10-22(8-9-22)11-14-25)24-15-18-4-6-19(7-5-18)20-3-2-12-23-16-20/h2-7,12,16-17,24H,8-11,13-15H2,1H3/t17-/m0/s1. The minimum atomic E-state index is -0.138. The van der Waals surface area contributed by atoms with Crippen LogP contribution >= 0.6 is 0 Å². The number of amides is 1. The molecule has 4 nitrogen and oxygen atoms in total. The zero-order chi connectivity index (χ0) is 18.0. The molecule has 1 amide bonds. The van der Waals surface area contributed by atoms with Gasteiger partial charge in [0, 0.05) is 32.0 Å². The molecule has 26 heavy (non-hydrogen) atoms. The van der Waals surface area contributed by atoms with Gasteiger partial charge in [-0.1, -0.05) is 30.3 Å². The molecule has 4 heteroatoms. The molecular weight excluding hydrogens is 322 g/mol. The first-order chi connectivity index (χ1) is 12.7. The van der Waals surface area contributed by atoms with Crippen LogP contribution in [-0.2, 0) is 11.3 Å². The Bertz CT molecular complexity index is 743. The monoisotopic (exact) mass is 349 g/mol. The number of likely N-dealkylation sites (tertiary alicyclic amines) is 1. The van der Waals surface area contributed by atoms with Gasteiger partial charge in [0.2, 0.25) is 5.91 Å². The average Bonchev–Trinajstić information content (AvgIpc) is 3.46. The van der Waals surface area contributed by atoms with Crippen LogP contribution in [0.1, 0.15) is 38.2 Å². The second-order valence-electron chi connectivity index (χ2n) is 7.87. The highest BCUT2D eigenvalue weighted by Crippen LogP contribution is 2.53. The van der Waals surface area contributed by atoms with Crippen LogP contribution in [0, 0.1) is 5.41 Å². The molecule has 2 heterocycles. The zero-order valence-electron chi connectivity index (χ0n) is 15.4. The van der Waals surface area contributed by atoms with Crippen LogP contribution in [-0.4, -0.2) is 34.9 Å². The largest absolute Gasteiger partial charge is 0.341 e. The predicted molar refractivity (Wildman–Crippen MR) is 103 cm³/mol. The molecule has 1 N–H and O–H groups in total. The van der Waals surface area contributed by atoms with E-state index in [0.717, 1.165) is 24.2 Å². The van der Waals surface area contributed by atoms with Crippen molar-refractivity contribution in [2.24, 2.45) is 5.41 Å². The van der Waals surface area contributed by atoms with Crippen LogP contribution in [0.15, 0.2) is 48.8 Å². The molecule has 1 saturated heterocycles. The fraction of sp³-hybridized carbons (Fsp3) is 0.455. The Labute approximate surface area is 155 Å². The van der Waals surface area contributed by atoms with Crippen molar-refractivity contribution in [3.8, 4) is 11.1 Å². The first-order valence-electron chi connectivity index (χ1n) is 9.67. The molecule has 1 spiro atoms. The lowest BCUT2D eigenvalue weighted by atomic mass is 9.93. The number of benzene rings is 1. The van der Waals surface area contributed by atoms with Crippen LogP contribution in [0.5, 0.6) is 0 Å². The highest BCUT2D eigenvalue weighted by Gasteiger charge is 2.45. The molecule has 0 radical (unpaired) electrons. The summed E-state index contributed by atoms with van der Waals surface area (Å²) < 4.78 is 0. The van der Waals surface area contributed by atoms with Crippen LogP contribution in [0.4, 0.5) is 0 Å². The Hall–Kier alpha value is -2.20. The number of nitrogens with one attached hydrogen (secondary N) is 1. The third kappa shape index (κ3) is 3.80. The Morgan fingerprint density at radius 3 is 2.46 bits per heavy atom. The van der Waals surface area contributed by atoms with Crippen LogP contribution in [0.2, 0.25) is 0 Å². The number of piperidine rings is 1. The van der Waals surface area contributed by atoms with Crippen LogP contribution < -0.4 is 5.32 Å². The smallest absolute Gasteiger partial charge is 0.239 e. The van der Waals surface area contributed by atoms with Crippen molar-refractivity contribution in [1.82, 2.24) is 15.2 Å². The topological polar surface area (TPSA) is 45.2 Å². The molecule has 2 fully saturated rings. The molecular formula is C22H27N3O. The lowest BCUT2D eigenvalue weighted by Crippen LogP contribution is -2.48. The number of pyridine rings is 1. The third-order valence-electron chi connectivity index (χ3n) is 6.02. The van der Waals surface area contributed by atoms with E-state index >= 15 is 0 Å². The number of rotatable bonds is 5. The molecule has 2 aromatic rings. The van der Waals surface area contributed by atoms with Crippen molar-refractivity contribution >= 4 is 5.91 Å². The highest BCUT2D eigenvalue weighted by molar-refractivity contribution is 5.81. The second kappa shape index (κ2) is 7.20. The SMILES string of the molecule is C[C@H](NCc1ccc(-c2cccnc2)cc1)C(=O)N1CCC2(CC1)CC2. The van der Waals surface area contributed by atoms with Gasteiger partial charge in [-0.2, -0.15) is 0 Å². The second-order valence-corrected chi connectivity index (χ2v) is 7.87. The average molecular weight is 349 g/mol. The van der Waals surface area contributed by atoms with Gasteiger partial charge in [0.25, 0.3) is 0 Å². The Kier molecular flexibility index (Phi) is 4.77. The van der Waals surface area contributed by atoms with E-state index < -0.39 is 0 Å². The van der Waals surface area contributed by atoms with E-state index in [-0.39, 0.29) is 11.9 Å². The Morgan fingerprint density at radius 1 is 1.12 bits per heavy atom. The quantitative estimate of drug-likeness (QED) is 0.896. The summed E-state index contributed by atoms with van der Waals surface area (Å²) in [6.07, 6.45) is 8.80. The van der Waals surface area contributed by atoms with Crippen molar-refractivity contribution in [1.29, 1.82) is 0 Å². The summed E-state index contributed by atoms with van der Waals surface area (Å²) >= 11 is 0. The van der Waals surface area contributed by atoms with Crippen molar-refractivity contribution in [3.05, 3.63) is 54.4 Å². The van der Waals surface area contributed by atoms with Gasteiger partial charge in [-0.05, 0) is 60.8 Å². The summed E-state index contributed by atoms with van der Waals surface area (Å²) in [7, 11) is 0. The van der Waals surface area contributed by atoms with Gasteiger partial charge >= 0.3 is 0 Å². The van der Waals surface area contributed by atoms with Gasteiger partial charge in [0.15, 0.2) is 0 Å². The fourth-order valence-electron chi connectivity index (χ4n) is 3.86. The van der Waals surface area contributed by atoms with Crippen LogP contribution in [0.25, 0.3) is 11.1 Å². The summed E-state index contributed by atoms with van der Waals surface area (Å²) in [6.45, 7) is 4.56. The number of carbonyl (C=O) groups excluding carboxylic acids is 1. The summed E-state index contributed by atoms with van der Waals surface area (Å²) in [5.74, 6) is 0.243. The molecule has 4 rings (SSSR count). The first kappa shape index (κ1) is 17.2. The van der Waals surface area contributed by atoms with E-state index in [0.29, 0.717) is 12.0 Å². The number of aromatic nitrogens is 1. The molecule has 1 aromatic carbocycles. The van der Waals surface area contributed by atoms with Crippen molar-refractivity contribution < 1.29 is 4.79 Å². The normalized spacial score (nSPS) is 19.3. The van der Waals surface area contributed by atoms with Crippen molar-refractivity contribution in [3.63, 3.8) is 0 Å². The molecule has 0 unspecified atom stereocenters. The molecule has 1 saturated carbocycles. The van der Waals surface area contributed by atoms with Gasteiger partial charge < -0.3 is 10.2 Å². The Balaban J connectivity index is 1.28. The molecule has 136 valence electrons. The fourth-order valence-corrected chi connectivity index (χ4v) is 3.86. The van der Waals surface area contributed by atoms with E-state index in [9.17, 15) is 4.79 Å². The maximum atomic E-state index is 12.6. The molecule has 1 aliphatic carbocycles. The van der Waals surface area contributed by atoms with Gasteiger partial charge in [-0.15, -0.1) is 0 Å². The summed E-state index contributed by atoms with van der Waals surface area (Å²) in [5.41, 5.74) is 4.08. The summed E-state index contributed by atoms with van der Waals surface area (Å²) in [4.78, 5) is 18.9. The van der Waals surface area contributed by atoms with Crippen molar-refractivity contribution in [2.45, 2.75) is 45.2 Å². The van der Waals surface area contributed by atoms with E-state index in [4.69, 9.17) is 0 Å². The van der Waals surface area contributed by atoms with E-state index in [2.05, 4.69) is 40.6 Å². The summed E-state index contributed by atoms with van der Waals surface area (Å²) in [5, 5.41) is 3.39. The third-order valence-corrected chi connectivity index (χ3v) is 6.02. The van der Waals surface area contributed by atoms with Gasteiger partial charge in [-0.3, -0.25) is 9.78 Å². The molecule has 2 aliphatic rings.